The van der Waals surface area contributed by atoms with Gasteiger partial charge in [0, 0.05) is 33.4 Å². The number of phenols is 2. The van der Waals surface area contributed by atoms with E-state index in [0.29, 0.717) is 28.2 Å². The molecule has 6 rings (SSSR count). The third kappa shape index (κ3) is 5.48. The number of hydrogen-bond acceptors (Lipinski definition) is 4. The van der Waals surface area contributed by atoms with Gasteiger partial charge in [-0.05, 0) is 106 Å². The molecule has 1 aliphatic carbocycles. The van der Waals surface area contributed by atoms with Crippen LogP contribution in [0.3, 0.4) is 0 Å². The minimum atomic E-state index is -0.0946. The lowest BCUT2D eigenvalue weighted by Crippen LogP contribution is -2.11. The van der Waals surface area contributed by atoms with Crippen LogP contribution >= 0.6 is 0 Å². The van der Waals surface area contributed by atoms with E-state index in [4.69, 9.17) is 9.47 Å². The summed E-state index contributed by atoms with van der Waals surface area (Å²) >= 11 is 0. The van der Waals surface area contributed by atoms with Gasteiger partial charge in [0.1, 0.15) is 23.0 Å². The van der Waals surface area contributed by atoms with Crippen molar-refractivity contribution in [1.82, 2.24) is 0 Å². The molecule has 0 heterocycles. The molecule has 2 N–H and O–H groups in total. The van der Waals surface area contributed by atoms with E-state index in [1.807, 2.05) is 36.4 Å². The van der Waals surface area contributed by atoms with Gasteiger partial charge in [0.15, 0.2) is 0 Å². The highest BCUT2D eigenvalue weighted by molar-refractivity contribution is 6.07. The summed E-state index contributed by atoms with van der Waals surface area (Å²) in [6, 6.07) is 24.8. The highest BCUT2D eigenvalue weighted by atomic mass is 16.5. The molecule has 0 fully saturated rings. The van der Waals surface area contributed by atoms with Gasteiger partial charge in [-0.2, -0.15) is 0 Å². The van der Waals surface area contributed by atoms with Crippen molar-refractivity contribution in [3.05, 3.63) is 95.1 Å². The van der Waals surface area contributed by atoms with E-state index >= 15 is 0 Å². The molecule has 4 heteroatoms. The minimum Gasteiger partial charge on any atom is -0.507 e. The van der Waals surface area contributed by atoms with Crippen LogP contribution in [0.25, 0.3) is 44.2 Å². The smallest absolute Gasteiger partial charge is 0.132 e. The first-order chi connectivity index (χ1) is 21.8. The van der Waals surface area contributed by atoms with E-state index in [0.717, 1.165) is 69.8 Å². The van der Waals surface area contributed by atoms with Gasteiger partial charge in [0.25, 0.3) is 0 Å². The summed E-state index contributed by atoms with van der Waals surface area (Å²) in [5, 5.41) is 26.8. The lowest BCUT2D eigenvalue weighted by atomic mass is 9.79. The second-order valence-corrected chi connectivity index (χ2v) is 14.7. The quantitative estimate of drug-likeness (QED) is 0.207. The van der Waals surface area contributed by atoms with E-state index in [1.165, 1.54) is 5.56 Å². The number of ether oxygens (including phenoxy) is 2. The zero-order valence-corrected chi connectivity index (χ0v) is 28.5. The Hall–Kier alpha value is -4.44. The summed E-state index contributed by atoms with van der Waals surface area (Å²) in [7, 11) is 3.34. The Morgan fingerprint density at radius 2 is 1.09 bits per heavy atom. The van der Waals surface area contributed by atoms with Crippen LogP contribution in [-0.2, 0) is 23.7 Å². The number of benzene rings is 5. The van der Waals surface area contributed by atoms with Crippen LogP contribution in [0, 0.1) is 0 Å². The number of methoxy groups -OCH3 is 2. The lowest BCUT2D eigenvalue weighted by molar-refractivity contribution is 0.415. The zero-order valence-electron chi connectivity index (χ0n) is 28.5. The SMILES string of the molecule is COc1ccc(C(C)(C)C)cc1-c1cc2c(c(-c3c(O)c(-c4cc(C(C)(C)C)ccc4OC)cc4ccccc34)c1O)CCCC2. The molecule has 5 aromatic carbocycles. The Bertz CT molecular complexity index is 1950. The Balaban J connectivity index is 1.73. The van der Waals surface area contributed by atoms with E-state index in [9.17, 15) is 10.2 Å². The summed E-state index contributed by atoms with van der Waals surface area (Å²) in [6.07, 6.45) is 3.86. The molecule has 0 saturated carbocycles. The fourth-order valence-corrected chi connectivity index (χ4v) is 6.93. The standard InChI is InChI=1S/C42H46O4/c1-41(2,3)27-17-19-35(45-7)31(23-27)33-21-25-13-9-11-15-29(25)37(39(33)43)38-30-16-12-10-14-26(30)22-34(40(38)44)32-24-28(42(4,5)6)18-20-36(32)46-8/h9,11,13,15,17-24,43-44H,10,12,14,16H2,1-8H3. The minimum absolute atomic E-state index is 0.0862. The molecule has 0 bridgehead atoms. The van der Waals surface area contributed by atoms with Crippen LogP contribution in [0.15, 0.2) is 72.8 Å². The lowest BCUT2D eigenvalue weighted by Gasteiger charge is -2.27. The number of fused-ring (bicyclic) bond motifs is 2. The van der Waals surface area contributed by atoms with Crippen molar-refractivity contribution in [2.45, 2.75) is 78.1 Å². The first kappa shape index (κ1) is 31.5. The molecule has 0 unspecified atom stereocenters. The molecule has 238 valence electrons. The van der Waals surface area contributed by atoms with Crippen molar-refractivity contribution in [3.8, 4) is 56.4 Å². The van der Waals surface area contributed by atoms with E-state index < -0.39 is 0 Å². The number of rotatable bonds is 5. The molecule has 0 atom stereocenters. The van der Waals surface area contributed by atoms with Gasteiger partial charge in [-0.15, -0.1) is 0 Å². The molecular weight excluding hydrogens is 568 g/mol. The molecule has 0 saturated heterocycles. The van der Waals surface area contributed by atoms with Crippen molar-refractivity contribution < 1.29 is 19.7 Å². The summed E-state index contributed by atoms with van der Waals surface area (Å²) in [5.41, 5.74) is 8.86. The van der Waals surface area contributed by atoms with E-state index in [2.05, 4.69) is 77.9 Å². The van der Waals surface area contributed by atoms with Gasteiger partial charge >= 0.3 is 0 Å². The summed E-state index contributed by atoms with van der Waals surface area (Å²) in [6.45, 7) is 13.1. The first-order valence-electron chi connectivity index (χ1n) is 16.3. The van der Waals surface area contributed by atoms with Crippen molar-refractivity contribution in [2.75, 3.05) is 14.2 Å². The van der Waals surface area contributed by atoms with Gasteiger partial charge in [-0.3, -0.25) is 0 Å². The second kappa shape index (κ2) is 11.7. The molecule has 1 aliphatic rings. The molecule has 0 radical (unpaired) electrons. The topological polar surface area (TPSA) is 58.9 Å². The van der Waals surface area contributed by atoms with Gasteiger partial charge in [0.05, 0.1) is 14.2 Å². The fourth-order valence-electron chi connectivity index (χ4n) is 6.93. The molecule has 0 amide bonds. The summed E-state index contributed by atoms with van der Waals surface area (Å²) < 4.78 is 11.7. The maximum atomic E-state index is 12.5. The van der Waals surface area contributed by atoms with E-state index in [1.54, 1.807) is 14.2 Å². The predicted molar refractivity (Wildman–Crippen MR) is 191 cm³/mol. The fraction of sp³-hybridized carbons (Fsp3) is 0.333. The first-order valence-corrected chi connectivity index (χ1v) is 16.3. The largest absolute Gasteiger partial charge is 0.507 e. The zero-order chi connectivity index (χ0) is 33.0. The second-order valence-electron chi connectivity index (χ2n) is 14.7. The Morgan fingerprint density at radius 1 is 0.565 bits per heavy atom. The maximum absolute atomic E-state index is 12.5. The number of aromatic hydroxyl groups is 2. The van der Waals surface area contributed by atoms with Crippen LogP contribution in [0.4, 0.5) is 0 Å². The van der Waals surface area contributed by atoms with Gasteiger partial charge in [0.2, 0.25) is 0 Å². The molecule has 0 spiro atoms. The predicted octanol–water partition coefficient (Wildman–Crippen LogP) is 10.7. The van der Waals surface area contributed by atoms with Crippen molar-refractivity contribution in [1.29, 1.82) is 0 Å². The van der Waals surface area contributed by atoms with Crippen LogP contribution in [0.2, 0.25) is 0 Å². The number of hydrogen-bond donors (Lipinski definition) is 2. The van der Waals surface area contributed by atoms with Crippen molar-refractivity contribution in [3.63, 3.8) is 0 Å². The normalized spacial score (nSPS) is 13.5. The van der Waals surface area contributed by atoms with Crippen molar-refractivity contribution >= 4 is 10.8 Å². The summed E-state index contributed by atoms with van der Waals surface area (Å²) in [5.74, 6) is 1.70. The Morgan fingerprint density at radius 3 is 1.65 bits per heavy atom. The molecule has 5 aromatic rings. The Labute approximate surface area is 273 Å². The van der Waals surface area contributed by atoms with Crippen LogP contribution in [0.5, 0.6) is 23.0 Å². The molecular formula is C42H46O4. The van der Waals surface area contributed by atoms with Crippen LogP contribution in [-0.4, -0.2) is 24.4 Å². The van der Waals surface area contributed by atoms with Gasteiger partial charge in [-0.25, -0.2) is 0 Å². The summed E-state index contributed by atoms with van der Waals surface area (Å²) in [4.78, 5) is 0. The van der Waals surface area contributed by atoms with Crippen molar-refractivity contribution in [2.24, 2.45) is 0 Å². The average molecular weight is 615 g/mol. The third-order valence-electron chi connectivity index (χ3n) is 9.61. The highest BCUT2D eigenvalue weighted by Crippen LogP contribution is 2.54. The maximum Gasteiger partial charge on any atom is 0.132 e. The monoisotopic (exact) mass is 614 g/mol. The molecule has 0 aromatic heterocycles. The third-order valence-corrected chi connectivity index (χ3v) is 9.61. The van der Waals surface area contributed by atoms with E-state index in [-0.39, 0.29) is 22.3 Å². The van der Waals surface area contributed by atoms with Crippen LogP contribution in [0.1, 0.15) is 76.6 Å². The molecule has 4 nitrogen and oxygen atoms in total. The molecule has 0 aliphatic heterocycles. The van der Waals surface area contributed by atoms with Gasteiger partial charge < -0.3 is 19.7 Å². The highest BCUT2D eigenvalue weighted by Gasteiger charge is 2.29. The molecule has 46 heavy (non-hydrogen) atoms. The van der Waals surface area contributed by atoms with Gasteiger partial charge in [-0.1, -0.05) is 77.9 Å². The average Bonchev–Trinajstić information content (AvgIpc) is 3.03. The number of aryl methyl sites for hydroxylation is 1. The number of phenolic OH excluding ortho intramolecular Hbond substituents is 2. The van der Waals surface area contributed by atoms with Crippen LogP contribution < -0.4 is 9.47 Å². The Kier molecular flexibility index (Phi) is 8.04.